The Bertz CT molecular complexity index is 1630. The van der Waals surface area contributed by atoms with Gasteiger partial charge in [-0.05, 0) is 43.6 Å². The van der Waals surface area contributed by atoms with Crippen LogP contribution in [0.15, 0.2) is 43.0 Å². The number of hydrogen-bond donors (Lipinski definition) is 0. The van der Waals surface area contributed by atoms with Crippen LogP contribution in [0.3, 0.4) is 0 Å². The minimum absolute atomic E-state index is 0. The molecule has 1 aromatic carbocycles. The Labute approximate surface area is 254 Å². The van der Waals surface area contributed by atoms with Crippen LogP contribution in [0.1, 0.15) is 81.2 Å². The van der Waals surface area contributed by atoms with E-state index in [2.05, 4.69) is 26.9 Å². The smallest absolute Gasteiger partial charge is 0.434 e. The van der Waals surface area contributed by atoms with Crippen LogP contribution in [-0.2, 0) is 19.8 Å². The quantitative estimate of drug-likeness (QED) is 0.179. The molecule has 8 nitrogen and oxygen atoms in total. The van der Waals surface area contributed by atoms with Gasteiger partial charge in [-0.15, -0.1) is 0 Å². The van der Waals surface area contributed by atoms with Crippen molar-refractivity contribution in [3.05, 3.63) is 65.5 Å². The molecule has 3 atom stereocenters. The number of alkyl halides is 4. The van der Waals surface area contributed by atoms with Crippen molar-refractivity contribution in [3.63, 3.8) is 0 Å². The van der Waals surface area contributed by atoms with Crippen LogP contribution in [0, 0.1) is 5.92 Å². The van der Waals surface area contributed by atoms with Crippen LogP contribution in [0.25, 0.3) is 22.8 Å². The van der Waals surface area contributed by atoms with Crippen molar-refractivity contribution in [1.29, 1.82) is 0 Å². The molecule has 0 amide bonds. The van der Waals surface area contributed by atoms with Crippen molar-refractivity contribution < 1.29 is 28.5 Å². The minimum Gasteiger partial charge on any atom is -0.480 e. The second-order valence-electron chi connectivity index (χ2n) is 11.6. The summed E-state index contributed by atoms with van der Waals surface area (Å²) in [6.45, 7) is 2.20. The lowest BCUT2D eigenvalue weighted by atomic mass is 9.77. The maximum absolute atomic E-state index is 15.5. The Morgan fingerprint density at radius 1 is 1.00 bits per heavy atom. The molecule has 3 heterocycles. The van der Waals surface area contributed by atoms with Gasteiger partial charge in [-0.2, -0.15) is 18.2 Å². The molecule has 0 N–H and O–H groups in total. The van der Waals surface area contributed by atoms with Gasteiger partial charge in [0.05, 0.1) is 12.8 Å². The van der Waals surface area contributed by atoms with E-state index in [1.165, 1.54) is 25.1 Å². The second kappa shape index (κ2) is 12.1. The van der Waals surface area contributed by atoms with Crippen molar-refractivity contribution in [2.24, 2.45) is 13.0 Å². The minimum atomic E-state index is -4.53. The standard InChI is InChI=1S/C32H34F4N6O2.H2/c1-4-18-7-12-22(24(33)13-18)23-14-37-28(26-27(20-10-11-20)38-17-39-31(26)43-3)41-30(23)44-16-19-5-8-21(9-6-19)29-40-25(15-42(29)2)32(34,35)36;/h5-6,8-9,14-15,17-18,20,22,24H,4,7,10-13,16H2,1-3H3;1H. The maximum Gasteiger partial charge on any atom is 0.434 e. The van der Waals surface area contributed by atoms with Crippen LogP contribution in [0.4, 0.5) is 17.6 Å². The lowest BCUT2D eigenvalue weighted by Crippen LogP contribution is -2.25. The van der Waals surface area contributed by atoms with E-state index >= 15 is 4.39 Å². The molecule has 6 rings (SSSR count). The molecule has 2 saturated carbocycles. The van der Waals surface area contributed by atoms with Crippen molar-refractivity contribution in [2.75, 3.05) is 7.11 Å². The van der Waals surface area contributed by atoms with Gasteiger partial charge in [0.1, 0.15) is 30.5 Å². The number of imidazole rings is 1. The fourth-order valence-corrected chi connectivity index (χ4v) is 5.97. The number of halogens is 4. The molecular formula is C32H36F4N6O2. The molecule has 2 aliphatic rings. The van der Waals surface area contributed by atoms with Gasteiger partial charge < -0.3 is 14.0 Å². The predicted octanol–water partition coefficient (Wildman–Crippen LogP) is 7.70. The van der Waals surface area contributed by atoms with E-state index in [4.69, 9.17) is 14.5 Å². The van der Waals surface area contributed by atoms with E-state index in [9.17, 15) is 13.2 Å². The van der Waals surface area contributed by atoms with E-state index < -0.39 is 24.0 Å². The van der Waals surface area contributed by atoms with Crippen LogP contribution in [0.2, 0.25) is 0 Å². The number of hydrogen-bond acceptors (Lipinski definition) is 7. The van der Waals surface area contributed by atoms with Crippen molar-refractivity contribution >= 4 is 0 Å². The average Bonchev–Trinajstić information content (AvgIpc) is 3.79. The zero-order chi connectivity index (χ0) is 31.0. The number of aryl methyl sites for hydroxylation is 1. The first-order valence-electron chi connectivity index (χ1n) is 14.9. The van der Waals surface area contributed by atoms with Gasteiger partial charge in [-0.3, -0.25) is 0 Å². The lowest BCUT2D eigenvalue weighted by Gasteiger charge is -2.32. The van der Waals surface area contributed by atoms with Gasteiger partial charge in [0.2, 0.25) is 11.8 Å². The maximum atomic E-state index is 15.5. The number of nitrogens with zero attached hydrogens (tertiary/aromatic N) is 6. The van der Waals surface area contributed by atoms with E-state index in [0.29, 0.717) is 47.2 Å². The van der Waals surface area contributed by atoms with Crippen molar-refractivity contribution in [2.45, 2.75) is 76.2 Å². The summed E-state index contributed by atoms with van der Waals surface area (Å²) in [7, 11) is 3.06. The molecule has 12 heteroatoms. The third kappa shape index (κ3) is 6.11. The van der Waals surface area contributed by atoms with Gasteiger partial charge >= 0.3 is 6.18 Å². The van der Waals surface area contributed by atoms with Crippen LogP contribution in [-0.4, -0.2) is 42.8 Å². The third-order valence-corrected chi connectivity index (χ3v) is 8.62. The largest absolute Gasteiger partial charge is 0.480 e. The fourth-order valence-electron chi connectivity index (χ4n) is 5.97. The predicted molar refractivity (Wildman–Crippen MR) is 157 cm³/mol. The Morgan fingerprint density at radius 3 is 2.41 bits per heavy atom. The summed E-state index contributed by atoms with van der Waals surface area (Å²) in [6.07, 6.45) is 3.55. The van der Waals surface area contributed by atoms with E-state index in [1.807, 2.05) is 0 Å². The molecule has 2 aliphatic carbocycles. The second-order valence-corrected chi connectivity index (χ2v) is 11.6. The highest BCUT2D eigenvalue weighted by molar-refractivity contribution is 5.66. The molecule has 234 valence electrons. The molecule has 4 aromatic rings. The lowest BCUT2D eigenvalue weighted by molar-refractivity contribution is -0.140. The summed E-state index contributed by atoms with van der Waals surface area (Å²) >= 11 is 0. The molecule has 0 aliphatic heterocycles. The van der Waals surface area contributed by atoms with Crippen LogP contribution in [0.5, 0.6) is 11.8 Å². The number of rotatable bonds is 9. The summed E-state index contributed by atoms with van der Waals surface area (Å²) in [5.41, 5.74) is 2.39. The Hall–Kier alpha value is -4.09. The first-order valence-corrected chi connectivity index (χ1v) is 14.9. The number of aromatic nitrogens is 6. The van der Waals surface area contributed by atoms with Crippen molar-refractivity contribution in [1.82, 2.24) is 29.5 Å². The molecule has 0 bridgehead atoms. The molecule has 0 saturated heterocycles. The van der Waals surface area contributed by atoms with Gasteiger partial charge in [0.25, 0.3) is 0 Å². The zero-order valence-corrected chi connectivity index (χ0v) is 24.8. The Balaban J connectivity index is 0.00000400. The molecule has 3 aromatic heterocycles. The van der Waals surface area contributed by atoms with E-state index in [-0.39, 0.29) is 25.7 Å². The first kappa shape index (κ1) is 30.0. The molecule has 44 heavy (non-hydrogen) atoms. The molecule has 3 unspecified atom stereocenters. The van der Waals surface area contributed by atoms with Gasteiger partial charge in [0, 0.05) is 43.8 Å². The van der Waals surface area contributed by atoms with E-state index in [1.54, 1.807) is 30.5 Å². The molecule has 0 radical (unpaired) electrons. The normalized spacial score (nSPS) is 20.5. The SMILES string of the molecule is CCC1CCC(c2cnc(-c3c(OC)ncnc3C3CC3)nc2OCc2ccc(-c3nc(C(F)(F)F)cn3C)cc2)C(F)C1.[HH]. The number of methoxy groups -OCH3 is 1. The first-order chi connectivity index (χ1) is 21.2. The summed E-state index contributed by atoms with van der Waals surface area (Å²) in [5, 5.41) is 0. The Morgan fingerprint density at radius 2 is 1.77 bits per heavy atom. The molecule has 0 spiro atoms. The zero-order valence-electron chi connectivity index (χ0n) is 24.8. The van der Waals surface area contributed by atoms with Crippen LogP contribution >= 0.6 is 0 Å². The Kier molecular flexibility index (Phi) is 8.26. The van der Waals surface area contributed by atoms with Gasteiger partial charge in [0.15, 0.2) is 11.5 Å². The molecule has 2 fully saturated rings. The highest BCUT2D eigenvalue weighted by Crippen LogP contribution is 2.46. The number of benzene rings is 1. The topological polar surface area (TPSA) is 87.8 Å². The van der Waals surface area contributed by atoms with Gasteiger partial charge in [-0.25, -0.2) is 24.3 Å². The average molecular weight is 613 g/mol. The van der Waals surface area contributed by atoms with Crippen molar-refractivity contribution in [3.8, 4) is 34.5 Å². The molecular weight excluding hydrogens is 576 g/mol. The highest BCUT2D eigenvalue weighted by Gasteiger charge is 2.36. The van der Waals surface area contributed by atoms with Gasteiger partial charge in [-0.1, -0.05) is 37.6 Å². The van der Waals surface area contributed by atoms with Crippen LogP contribution < -0.4 is 9.47 Å². The summed E-state index contributed by atoms with van der Waals surface area (Å²) in [4.78, 5) is 22.0. The fraction of sp³-hybridized carbons (Fsp3) is 0.469. The van der Waals surface area contributed by atoms with E-state index in [0.717, 1.165) is 43.1 Å². The third-order valence-electron chi connectivity index (χ3n) is 8.62. The summed E-state index contributed by atoms with van der Waals surface area (Å²) < 4.78 is 68.2. The summed E-state index contributed by atoms with van der Waals surface area (Å²) in [5.74, 6) is 1.44. The monoisotopic (exact) mass is 612 g/mol. The highest BCUT2D eigenvalue weighted by atomic mass is 19.4. The number of ether oxygens (including phenoxy) is 2. The summed E-state index contributed by atoms with van der Waals surface area (Å²) in [6, 6.07) is 6.93.